The molecule has 1 amide bonds. The van der Waals surface area contributed by atoms with Gasteiger partial charge in [-0.25, -0.2) is 13.6 Å². The molecule has 24 heavy (non-hydrogen) atoms. The number of hydrogen-bond donors (Lipinski definition) is 2. The second kappa shape index (κ2) is 7.44. The number of benzene rings is 1. The average Bonchev–Trinajstić information content (AvgIpc) is 2.33. The van der Waals surface area contributed by atoms with Crippen molar-refractivity contribution in [2.45, 2.75) is 65.1 Å². The van der Waals surface area contributed by atoms with Crippen LogP contribution in [0.3, 0.4) is 0 Å². The highest BCUT2D eigenvalue weighted by Crippen LogP contribution is 2.30. The highest BCUT2D eigenvalue weighted by Gasteiger charge is 2.41. The van der Waals surface area contributed by atoms with E-state index in [4.69, 9.17) is 9.47 Å². The van der Waals surface area contributed by atoms with Crippen molar-refractivity contribution in [1.29, 1.82) is 0 Å². The first-order chi connectivity index (χ1) is 10.8. The lowest BCUT2D eigenvalue weighted by atomic mass is 9.90. The second-order valence-electron chi connectivity index (χ2n) is 7.02. The zero-order valence-corrected chi connectivity index (χ0v) is 14.8. The Kier molecular flexibility index (Phi) is 6.30. The van der Waals surface area contributed by atoms with Crippen molar-refractivity contribution in [3.63, 3.8) is 0 Å². The van der Waals surface area contributed by atoms with Crippen LogP contribution in [0.2, 0.25) is 0 Å². The van der Waals surface area contributed by atoms with Gasteiger partial charge in [-0.05, 0) is 59.2 Å². The largest absolute Gasteiger partial charge is 0.447 e. The fourth-order valence-corrected chi connectivity index (χ4v) is 2.04. The van der Waals surface area contributed by atoms with E-state index < -0.39 is 41.3 Å². The molecule has 0 bridgehead atoms. The van der Waals surface area contributed by atoms with E-state index in [2.05, 4.69) is 5.32 Å². The maximum absolute atomic E-state index is 13.6. The zero-order chi connectivity index (χ0) is 18.7. The number of hydrogen-bond acceptors (Lipinski definition) is 4. The van der Waals surface area contributed by atoms with Gasteiger partial charge in [0.1, 0.15) is 17.2 Å². The van der Waals surface area contributed by atoms with E-state index in [0.29, 0.717) is 6.07 Å². The van der Waals surface area contributed by atoms with Crippen LogP contribution < -0.4 is 5.32 Å². The van der Waals surface area contributed by atoms with Crippen LogP contribution in [0, 0.1) is 11.6 Å². The molecule has 0 saturated carbocycles. The molecule has 0 heterocycles. The summed E-state index contributed by atoms with van der Waals surface area (Å²) in [5.41, 5.74) is -2.37. The first-order valence-corrected chi connectivity index (χ1v) is 7.65. The molecule has 0 aromatic heterocycles. The molecule has 2 atom stereocenters. The van der Waals surface area contributed by atoms with E-state index in [-0.39, 0.29) is 5.56 Å². The normalized spacial score (nSPS) is 15.8. The van der Waals surface area contributed by atoms with Gasteiger partial charge in [0, 0.05) is 6.07 Å². The zero-order valence-electron chi connectivity index (χ0n) is 14.8. The summed E-state index contributed by atoms with van der Waals surface area (Å²) >= 11 is 0. The van der Waals surface area contributed by atoms with Gasteiger partial charge in [0.05, 0.1) is 11.7 Å². The van der Waals surface area contributed by atoms with Crippen LogP contribution in [0.4, 0.5) is 13.6 Å². The van der Waals surface area contributed by atoms with Gasteiger partial charge in [-0.15, -0.1) is 0 Å². The second-order valence-corrected chi connectivity index (χ2v) is 7.02. The van der Waals surface area contributed by atoms with Crippen molar-refractivity contribution in [2.75, 3.05) is 0 Å². The minimum Gasteiger partial charge on any atom is -0.447 e. The highest BCUT2D eigenvalue weighted by molar-refractivity contribution is 5.69. The Labute approximate surface area is 141 Å². The number of carbonyl (C=O) groups is 1. The Morgan fingerprint density at radius 2 is 1.62 bits per heavy atom. The van der Waals surface area contributed by atoms with Crippen molar-refractivity contribution in [3.05, 3.63) is 35.4 Å². The van der Waals surface area contributed by atoms with Gasteiger partial charge in [0.2, 0.25) is 0 Å². The van der Waals surface area contributed by atoms with Gasteiger partial charge in [0.25, 0.3) is 0 Å². The monoisotopic (exact) mass is 345 g/mol. The van der Waals surface area contributed by atoms with E-state index in [1.54, 1.807) is 34.6 Å². The number of amides is 1. The Balaban J connectivity index is 3.26. The van der Waals surface area contributed by atoms with E-state index in [1.807, 2.05) is 0 Å². The lowest BCUT2D eigenvalue weighted by Crippen LogP contribution is -2.55. The van der Waals surface area contributed by atoms with Crippen molar-refractivity contribution >= 4 is 6.09 Å². The minimum atomic E-state index is -1.62. The molecule has 0 aliphatic rings. The summed E-state index contributed by atoms with van der Waals surface area (Å²) in [5, 5.41) is 12.9. The van der Waals surface area contributed by atoms with Crippen LogP contribution in [-0.4, -0.2) is 29.2 Å². The Bertz CT molecular complexity index is 566. The molecule has 2 N–H and O–H groups in total. The number of carbonyl (C=O) groups excluding carboxylic acids is 1. The standard InChI is InChI=1S/C17H25F2NO4/c1-10(2)23-15(22)20-17(6,14(21)24-16(3,4)5)11-7-12(18)9-13(19)8-11/h7-10,14,21H,1-6H3,(H,20,22). The first-order valence-electron chi connectivity index (χ1n) is 7.65. The molecule has 0 saturated heterocycles. The predicted octanol–water partition coefficient (Wildman–Crippen LogP) is 3.45. The quantitative estimate of drug-likeness (QED) is 0.802. The Hall–Kier alpha value is -1.73. The summed E-state index contributed by atoms with van der Waals surface area (Å²) in [7, 11) is 0. The molecule has 1 aromatic rings. The number of aliphatic hydroxyl groups is 1. The maximum atomic E-state index is 13.6. The first kappa shape index (κ1) is 20.3. The third-order valence-electron chi connectivity index (χ3n) is 3.13. The van der Waals surface area contributed by atoms with Crippen molar-refractivity contribution in [3.8, 4) is 0 Å². The fraction of sp³-hybridized carbons (Fsp3) is 0.588. The summed E-state index contributed by atoms with van der Waals surface area (Å²) in [5.74, 6) is -1.67. The van der Waals surface area contributed by atoms with Crippen LogP contribution in [0.5, 0.6) is 0 Å². The molecule has 2 unspecified atom stereocenters. The SMILES string of the molecule is CC(C)OC(=O)NC(C)(c1cc(F)cc(F)c1)C(O)OC(C)(C)C. The number of halogens is 2. The van der Waals surface area contributed by atoms with Crippen molar-refractivity contribution in [1.82, 2.24) is 5.32 Å². The summed E-state index contributed by atoms with van der Waals surface area (Å²) in [6.07, 6.45) is -2.81. The van der Waals surface area contributed by atoms with Crippen LogP contribution in [0.15, 0.2) is 18.2 Å². The number of alkyl carbamates (subject to hydrolysis) is 1. The number of aliphatic hydroxyl groups excluding tert-OH is 1. The summed E-state index contributed by atoms with van der Waals surface area (Å²) in [6, 6.07) is 2.75. The van der Waals surface area contributed by atoms with Gasteiger partial charge < -0.3 is 19.9 Å². The number of nitrogens with one attached hydrogen (secondary N) is 1. The van der Waals surface area contributed by atoms with Gasteiger partial charge in [-0.2, -0.15) is 0 Å². The summed E-state index contributed by atoms with van der Waals surface area (Å²) in [4.78, 5) is 12.0. The van der Waals surface area contributed by atoms with Gasteiger partial charge >= 0.3 is 6.09 Å². The topological polar surface area (TPSA) is 67.8 Å². The molecule has 0 spiro atoms. The van der Waals surface area contributed by atoms with Crippen LogP contribution in [0.25, 0.3) is 0 Å². The third-order valence-corrected chi connectivity index (χ3v) is 3.13. The Morgan fingerprint density at radius 1 is 1.12 bits per heavy atom. The smallest absolute Gasteiger partial charge is 0.408 e. The molecular weight excluding hydrogens is 320 g/mol. The maximum Gasteiger partial charge on any atom is 0.408 e. The molecule has 7 heteroatoms. The highest BCUT2D eigenvalue weighted by atomic mass is 19.1. The average molecular weight is 345 g/mol. The molecular formula is C17H25F2NO4. The van der Waals surface area contributed by atoms with E-state index in [0.717, 1.165) is 12.1 Å². The molecule has 0 aliphatic carbocycles. The number of rotatable bonds is 5. The molecule has 0 fully saturated rings. The third kappa shape index (κ3) is 5.72. The number of ether oxygens (including phenoxy) is 2. The van der Waals surface area contributed by atoms with Gasteiger partial charge in [-0.1, -0.05) is 0 Å². The molecule has 5 nitrogen and oxygen atoms in total. The molecule has 1 rings (SSSR count). The van der Waals surface area contributed by atoms with Gasteiger partial charge in [-0.3, -0.25) is 0 Å². The van der Waals surface area contributed by atoms with E-state index >= 15 is 0 Å². The summed E-state index contributed by atoms with van der Waals surface area (Å²) in [6.45, 7) is 9.82. The van der Waals surface area contributed by atoms with Crippen LogP contribution in [0.1, 0.15) is 47.1 Å². The predicted molar refractivity (Wildman–Crippen MR) is 85.3 cm³/mol. The molecule has 0 aliphatic heterocycles. The molecule has 0 radical (unpaired) electrons. The molecule has 1 aromatic carbocycles. The summed E-state index contributed by atoms with van der Waals surface area (Å²) < 4.78 is 37.7. The fourth-order valence-electron chi connectivity index (χ4n) is 2.04. The van der Waals surface area contributed by atoms with Gasteiger partial charge in [0.15, 0.2) is 6.29 Å². The van der Waals surface area contributed by atoms with E-state index in [9.17, 15) is 18.7 Å². The molecule has 136 valence electrons. The Morgan fingerprint density at radius 3 is 2.04 bits per heavy atom. The van der Waals surface area contributed by atoms with E-state index in [1.165, 1.54) is 6.92 Å². The minimum absolute atomic E-state index is 0.0115. The van der Waals surface area contributed by atoms with Crippen molar-refractivity contribution in [2.24, 2.45) is 0 Å². The van der Waals surface area contributed by atoms with Crippen molar-refractivity contribution < 1.29 is 28.2 Å². The lowest BCUT2D eigenvalue weighted by molar-refractivity contribution is -0.203. The van der Waals surface area contributed by atoms with Crippen LogP contribution >= 0.6 is 0 Å². The van der Waals surface area contributed by atoms with Crippen LogP contribution in [-0.2, 0) is 15.0 Å². The lowest BCUT2D eigenvalue weighted by Gasteiger charge is -2.38.